The lowest BCUT2D eigenvalue weighted by atomic mass is 10.2. The Morgan fingerprint density at radius 2 is 2.33 bits per heavy atom. The third-order valence-electron chi connectivity index (χ3n) is 1.58. The zero-order chi connectivity index (χ0) is 9.14. The van der Waals surface area contributed by atoms with Crippen LogP contribution in [-0.4, -0.2) is 15.5 Å². The summed E-state index contributed by atoms with van der Waals surface area (Å²) in [6.07, 6.45) is 3.44. The van der Waals surface area contributed by atoms with E-state index in [0.29, 0.717) is 5.95 Å². The molecule has 0 fully saturated rings. The number of hydrogen-bond donors (Lipinski definition) is 1. The van der Waals surface area contributed by atoms with E-state index in [4.69, 9.17) is 0 Å². The van der Waals surface area contributed by atoms with Crippen LogP contribution >= 0.6 is 0 Å². The molecule has 1 amide bonds. The fourth-order valence-corrected chi connectivity index (χ4v) is 0.741. The van der Waals surface area contributed by atoms with Gasteiger partial charge >= 0.3 is 0 Å². The summed E-state index contributed by atoms with van der Waals surface area (Å²) in [6, 6.07) is 0. The number of carbonyl (C=O) groups excluding carboxylic acids is 1. The van der Waals surface area contributed by atoms with Crippen LogP contribution in [0.5, 0.6) is 0 Å². The van der Waals surface area contributed by atoms with Crippen LogP contribution in [0.15, 0.2) is 12.4 Å². The van der Waals surface area contributed by atoms with E-state index in [0.717, 1.165) is 0 Å². The Hall–Kier alpha value is -1.32. The number of carbonyl (C=O) groups is 1. The van der Waals surface area contributed by atoms with E-state index in [1.54, 1.807) is 17.0 Å². The van der Waals surface area contributed by atoms with Crippen molar-refractivity contribution >= 4 is 11.9 Å². The molecule has 0 saturated carbocycles. The minimum atomic E-state index is -0.0123. The Kier molecular flexibility index (Phi) is 2.47. The van der Waals surface area contributed by atoms with Crippen LogP contribution in [0.4, 0.5) is 5.95 Å². The Morgan fingerprint density at radius 1 is 1.67 bits per heavy atom. The molecular weight excluding hydrogens is 154 g/mol. The van der Waals surface area contributed by atoms with Crippen LogP contribution in [0, 0.1) is 5.92 Å². The quantitative estimate of drug-likeness (QED) is 0.714. The smallest absolute Gasteiger partial charge is 0.229 e. The maximum Gasteiger partial charge on any atom is 0.229 e. The molecule has 0 bridgehead atoms. The van der Waals surface area contributed by atoms with E-state index in [-0.39, 0.29) is 11.8 Å². The van der Waals surface area contributed by atoms with E-state index in [2.05, 4.69) is 10.3 Å². The SMILES string of the molecule is CC(C)C(=O)Nc1nccn1C. The van der Waals surface area contributed by atoms with Gasteiger partial charge in [-0.1, -0.05) is 13.8 Å². The number of imidazole rings is 1. The molecular formula is C8H13N3O. The first-order valence-corrected chi connectivity index (χ1v) is 3.89. The lowest BCUT2D eigenvalue weighted by Gasteiger charge is -2.06. The first-order valence-electron chi connectivity index (χ1n) is 3.89. The monoisotopic (exact) mass is 167 g/mol. The highest BCUT2D eigenvalue weighted by atomic mass is 16.2. The second-order valence-corrected chi connectivity index (χ2v) is 3.01. The van der Waals surface area contributed by atoms with Gasteiger partial charge in [-0.05, 0) is 0 Å². The molecule has 1 heterocycles. The molecule has 0 aromatic carbocycles. The zero-order valence-corrected chi connectivity index (χ0v) is 7.53. The van der Waals surface area contributed by atoms with Gasteiger partial charge in [0.2, 0.25) is 11.9 Å². The molecule has 0 radical (unpaired) electrons. The molecule has 1 rings (SSSR count). The predicted molar refractivity (Wildman–Crippen MR) is 46.7 cm³/mol. The van der Waals surface area contributed by atoms with Crippen molar-refractivity contribution < 1.29 is 4.79 Å². The molecule has 1 aromatic rings. The molecule has 1 N–H and O–H groups in total. The van der Waals surface area contributed by atoms with Crippen molar-refractivity contribution in [3.8, 4) is 0 Å². The first kappa shape index (κ1) is 8.77. The van der Waals surface area contributed by atoms with Gasteiger partial charge in [0.25, 0.3) is 0 Å². The molecule has 4 heteroatoms. The van der Waals surface area contributed by atoms with E-state index < -0.39 is 0 Å². The van der Waals surface area contributed by atoms with Gasteiger partial charge in [-0.3, -0.25) is 10.1 Å². The van der Waals surface area contributed by atoms with E-state index in [9.17, 15) is 4.79 Å². The summed E-state index contributed by atoms with van der Waals surface area (Å²) in [6.45, 7) is 3.69. The average molecular weight is 167 g/mol. The molecule has 0 saturated heterocycles. The number of amides is 1. The highest BCUT2D eigenvalue weighted by Crippen LogP contribution is 2.03. The highest BCUT2D eigenvalue weighted by molar-refractivity contribution is 5.90. The van der Waals surface area contributed by atoms with Crippen molar-refractivity contribution in [3.63, 3.8) is 0 Å². The van der Waals surface area contributed by atoms with Crippen LogP contribution < -0.4 is 5.32 Å². The van der Waals surface area contributed by atoms with Crippen LogP contribution in [0.3, 0.4) is 0 Å². The van der Waals surface area contributed by atoms with E-state index in [1.165, 1.54) is 0 Å². The number of aryl methyl sites for hydroxylation is 1. The molecule has 1 aromatic heterocycles. The molecule has 66 valence electrons. The van der Waals surface area contributed by atoms with Crippen LogP contribution in [-0.2, 0) is 11.8 Å². The Labute approximate surface area is 71.6 Å². The number of nitrogens with one attached hydrogen (secondary N) is 1. The maximum atomic E-state index is 11.2. The van der Waals surface area contributed by atoms with Crippen molar-refractivity contribution in [2.75, 3.05) is 5.32 Å². The normalized spacial score (nSPS) is 10.3. The van der Waals surface area contributed by atoms with E-state index in [1.807, 2.05) is 20.9 Å². The largest absolute Gasteiger partial charge is 0.320 e. The molecule has 0 aliphatic rings. The van der Waals surface area contributed by atoms with Crippen molar-refractivity contribution in [1.29, 1.82) is 0 Å². The highest BCUT2D eigenvalue weighted by Gasteiger charge is 2.08. The van der Waals surface area contributed by atoms with Crippen LogP contribution in [0.2, 0.25) is 0 Å². The molecule has 12 heavy (non-hydrogen) atoms. The topological polar surface area (TPSA) is 46.9 Å². The summed E-state index contributed by atoms with van der Waals surface area (Å²) < 4.78 is 1.76. The fraction of sp³-hybridized carbons (Fsp3) is 0.500. The van der Waals surface area contributed by atoms with Gasteiger partial charge in [-0.15, -0.1) is 0 Å². The summed E-state index contributed by atoms with van der Waals surface area (Å²) in [5, 5.41) is 2.70. The maximum absolute atomic E-state index is 11.2. The van der Waals surface area contributed by atoms with Gasteiger partial charge in [0.05, 0.1) is 0 Å². The van der Waals surface area contributed by atoms with Gasteiger partial charge in [-0.2, -0.15) is 0 Å². The lowest BCUT2D eigenvalue weighted by Crippen LogP contribution is -2.19. The fourth-order valence-electron chi connectivity index (χ4n) is 0.741. The average Bonchev–Trinajstić information content (AvgIpc) is 2.36. The lowest BCUT2D eigenvalue weighted by molar-refractivity contribution is -0.118. The number of nitrogens with zero attached hydrogens (tertiary/aromatic N) is 2. The van der Waals surface area contributed by atoms with E-state index >= 15 is 0 Å². The van der Waals surface area contributed by atoms with Gasteiger partial charge < -0.3 is 4.57 Å². The number of rotatable bonds is 2. The minimum Gasteiger partial charge on any atom is -0.320 e. The Bertz CT molecular complexity index is 278. The second-order valence-electron chi connectivity index (χ2n) is 3.01. The van der Waals surface area contributed by atoms with Gasteiger partial charge in [0, 0.05) is 25.4 Å². The molecule has 0 aliphatic carbocycles. The second kappa shape index (κ2) is 3.38. The first-order chi connectivity index (χ1) is 5.61. The number of anilines is 1. The van der Waals surface area contributed by atoms with Gasteiger partial charge in [0.15, 0.2) is 0 Å². The van der Waals surface area contributed by atoms with Gasteiger partial charge in [-0.25, -0.2) is 4.98 Å². The van der Waals surface area contributed by atoms with Crippen molar-refractivity contribution in [2.24, 2.45) is 13.0 Å². The molecule has 0 atom stereocenters. The summed E-state index contributed by atoms with van der Waals surface area (Å²) in [4.78, 5) is 15.2. The van der Waals surface area contributed by atoms with Crippen molar-refractivity contribution in [1.82, 2.24) is 9.55 Å². The van der Waals surface area contributed by atoms with Crippen LogP contribution in [0.25, 0.3) is 0 Å². The number of aromatic nitrogens is 2. The molecule has 0 spiro atoms. The van der Waals surface area contributed by atoms with Crippen molar-refractivity contribution in [2.45, 2.75) is 13.8 Å². The summed E-state index contributed by atoms with van der Waals surface area (Å²) in [7, 11) is 1.84. The summed E-state index contributed by atoms with van der Waals surface area (Å²) in [5.41, 5.74) is 0. The van der Waals surface area contributed by atoms with Crippen LogP contribution in [0.1, 0.15) is 13.8 Å². The minimum absolute atomic E-state index is 0.00991. The molecule has 4 nitrogen and oxygen atoms in total. The Morgan fingerprint density at radius 3 is 2.75 bits per heavy atom. The molecule has 0 unspecified atom stereocenters. The number of hydrogen-bond acceptors (Lipinski definition) is 2. The standard InChI is InChI=1S/C8H13N3O/c1-6(2)7(12)10-8-9-4-5-11(8)3/h4-6H,1-3H3,(H,9,10,12). The summed E-state index contributed by atoms with van der Waals surface area (Å²) >= 11 is 0. The molecule has 0 aliphatic heterocycles. The Balaban J connectivity index is 2.64. The summed E-state index contributed by atoms with van der Waals surface area (Å²) in [5.74, 6) is 0.569. The predicted octanol–water partition coefficient (Wildman–Crippen LogP) is 1.01. The van der Waals surface area contributed by atoms with Crippen molar-refractivity contribution in [3.05, 3.63) is 12.4 Å². The third kappa shape index (κ3) is 1.84. The third-order valence-corrected chi connectivity index (χ3v) is 1.58. The zero-order valence-electron chi connectivity index (χ0n) is 7.53. The van der Waals surface area contributed by atoms with Gasteiger partial charge in [0.1, 0.15) is 0 Å².